The average Bonchev–Trinajstić information content (AvgIpc) is 2.84. The van der Waals surface area contributed by atoms with Crippen molar-refractivity contribution < 1.29 is 14.3 Å². The van der Waals surface area contributed by atoms with Crippen LogP contribution in [0.1, 0.15) is 30.0 Å². The molecule has 1 fully saturated rings. The molecule has 4 rings (SSSR count). The summed E-state index contributed by atoms with van der Waals surface area (Å²) in [6, 6.07) is 11.6. The second-order valence-electron chi connectivity index (χ2n) is 7.98. The van der Waals surface area contributed by atoms with Gasteiger partial charge in [-0.25, -0.2) is 9.97 Å². The van der Waals surface area contributed by atoms with E-state index in [0.717, 1.165) is 49.4 Å². The third kappa shape index (κ3) is 6.17. The molecule has 1 aliphatic heterocycles. The predicted octanol–water partition coefficient (Wildman–Crippen LogP) is 2.87. The van der Waals surface area contributed by atoms with Crippen molar-refractivity contribution in [2.75, 3.05) is 32.1 Å². The number of amides is 1. The van der Waals surface area contributed by atoms with Crippen LogP contribution in [0.15, 0.2) is 55.0 Å². The molecule has 0 spiro atoms. The molecule has 9 heteroatoms. The number of benzene rings is 1. The molecule has 3 N–H and O–H groups in total. The fourth-order valence-corrected chi connectivity index (χ4v) is 3.99. The standard InChI is InChI=1S/C24H28N6O3/c1-32-22-12-17(5-8-21(22)33-16-23(25)31)14-30-11-2-4-18(15-30)20-7-6-19(13-28-20)29-24-26-9-3-10-27-24/h3,5-10,12-13,18H,2,4,11,14-16H2,1H3,(H2,25,31)(H,26,27,29)/t18-/m1/s1. The number of nitrogens with zero attached hydrogens (tertiary/aromatic N) is 4. The molecule has 0 radical (unpaired) electrons. The predicted molar refractivity (Wildman–Crippen MR) is 124 cm³/mol. The number of likely N-dealkylation sites (tertiary alicyclic amines) is 1. The van der Waals surface area contributed by atoms with Crippen LogP contribution < -0.4 is 20.5 Å². The maximum absolute atomic E-state index is 11.0. The second-order valence-corrected chi connectivity index (χ2v) is 7.98. The van der Waals surface area contributed by atoms with Gasteiger partial charge in [0.05, 0.1) is 19.0 Å². The first-order chi connectivity index (χ1) is 16.1. The molecule has 0 bridgehead atoms. The summed E-state index contributed by atoms with van der Waals surface area (Å²) in [6.45, 7) is 2.59. The van der Waals surface area contributed by atoms with Gasteiger partial charge < -0.3 is 20.5 Å². The minimum absolute atomic E-state index is 0.177. The fourth-order valence-electron chi connectivity index (χ4n) is 3.99. The van der Waals surface area contributed by atoms with Gasteiger partial charge in [-0.2, -0.15) is 0 Å². The van der Waals surface area contributed by atoms with E-state index in [9.17, 15) is 4.79 Å². The number of hydrogen-bond donors (Lipinski definition) is 2. The first-order valence-corrected chi connectivity index (χ1v) is 10.9. The van der Waals surface area contributed by atoms with Gasteiger partial charge in [0.25, 0.3) is 5.91 Å². The zero-order valence-electron chi connectivity index (χ0n) is 18.6. The number of primary amides is 1. The van der Waals surface area contributed by atoms with Crippen LogP contribution in [0.2, 0.25) is 0 Å². The summed E-state index contributed by atoms with van der Waals surface area (Å²) in [6.07, 6.45) is 7.46. The largest absolute Gasteiger partial charge is 0.493 e. The molecule has 0 aliphatic carbocycles. The minimum atomic E-state index is -0.522. The quantitative estimate of drug-likeness (QED) is 0.513. The van der Waals surface area contributed by atoms with E-state index in [1.165, 1.54) is 0 Å². The van der Waals surface area contributed by atoms with E-state index < -0.39 is 5.91 Å². The van der Waals surface area contributed by atoms with E-state index >= 15 is 0 Å². The molecule has 0 unspecified atom stereocenters. The van der Waals surface area contributed by atoms with Gasteiger partial charge in [0, 0.05) is 37.1 Å². The van der Waals surface area contributed by atoms with Crippen molar-refractivity contribution >= 4 is 17.5 Å². The number of aromatic nitrogens is 3. The smallest absolute Gasteiger partial charge is 0.255 e. The van der Waals surface area contributed by atoms with Crippen molar-refractivity contribution in [1.29, 1.82) is 0 Å². The highest BCUT2D eigenvalue weighted by Gasteiger charge is 2.23. The van der Waals surface area contributed by atoms with Gasteiger partial charge in [0.1, 0.15) is 0 Å². The molecule has 1 atom stereocenters. The van der Waals surface area contributed by atoms with E-state index in [1.807, 2.05) is 30.5 Å². The number of pyridine rings is 1. The molecule has 172 valence electrons. The molecule has 9 nitrogen and oxygen atoms in total. The Bertz CT molecular complexity index is 1060. The molecule has 1 aliphatic rings. The first-order valence-electron chi connectivity index (χ1n) is 10.9. The van der Waals surface area contributed by atoms with Gasteiger partial charge in [-0.05, 0) is 55.3 Å². The number of methoxy groups -OCH3 is 1. The van der Waals surface area contributed by atoms with Crippen LogP contribution in [0, 0.1) is 0 Å². The Morgan fingerprint density at radius 3 is 2.76 bits per heavy atom. The maximum Gasteiger partial charge on any atom is 0.255 e. The van der Waals surface area contributed by atoms with E-state index in [2.05, 4.69) is 26.3 Å². The van der Waals surface area contributed by atoms with Crippen molar-refractivity contribution in [2.45, 2.75) is 25.3 Å². The topological polar surface area (TPSA) is 115 Å². The minimum Gasteiger partial charge on any atom is -0.493 e. The van der Waals surface area contributed by atoms with Crippen LogP contribution in [0.4, 0.5) is 11.6 Å². The number of nitrogens with one attached hydrogen (secondary N) is 1. The van der Waals surface area contributed by atoms with Gasteiger partial charge in [-0.3, -0.25) is 14.7 Å². The highest BCUT2D eigenvalue weighted by molar-refractivity contribution is 5.75. The Balaban J connectivity index is 1.37. The second kappa shape index (κ2) is 10.7. The molecule has 1 amide bonds. The number of carbonyl (C=O) groups is 1. The zero-order valence-corrected chi connectivity index (χ0v) is 18.6. The molecule has 33 heavy (non-hydrogen) atoms. The molecule has 3 aromatic rings. The van der Waals surface area contributed by atoms with Crippen LogP contribution in [0.5, 0.6) is 11.5 Å². The molecule has 0 saturated carbocycles. The average molecular weight is 449 g/mol. The van der Waals surface area contributed by atoms with Crippen LogP contribution >= 0.6 is 0 Å². The Hall–Kier alpha value is -3.72. The zero-order chi connectivity index (χ0) is 23.0. The highest BCUT2D eigenvalue weighted by atomic mass is 16.5. The van der Waals surface area contributed by atoms with Crippen LogP contribution in [-0.2, 0) is 11.3 Å². The van der Waals surface area contributed by atoms with Crippen LogP contribution in [-0.4, -0.2) is 52.6 Å². The highest BCUT2D eigenvalue weighted by Crippen LogP contribution is 2.31. The van der Waals surface area contributed by atoms with E-state index in [0.29, 0.717) is 23.4 Å². The van der Waals surface area contributed by atoms with Crippen molar-refractivity contribution in [2.24, 2.45) is 5.73 Å². The van der Waals surface area contributed by atoms with Gasteiger partial charge in [-0.15, -0.1) is 0 Å². The molecule has 1 aromatic carbocycles. The van der Waals surface area contributed by atoms with Crippen molar-refractivity contribution in [3.05, 3.63) is 66.2 Å². The van der Waals surface area contributed by atoms with Gasteiger partial charge in [0.15, 0.2) is 18.1 Å². The summed E-state index contributed by atoms with van der Waals surface area (Å²) in [5, 5.41) is 3.16. The summed E-state index contributed by atoms with van der Waals surface area (Å²) in [5.41, 5.74) is 8.24. The summed E-state index contributed by atoms with van der Waals surface area (Å²) < 4.78 is 10.9. The Kier molecular flexibility index (Phi) is 7.31. The number of anilines is 2. The van der Waals surface area contributed by atoms with Crippen molar-refractivity contribution in [3.8, 4) is 11.5 Å². The third-order valence-electron chi connectivity index (χ3n) is 5.54. The monoisotopic (exact) mass is 448 g/mol. The van der Waals surface area contributed by atoms with Crippen molar-refractivity contribution in [1.82, 2.24) is 19.9 Å². The lowest BCUT2D eigenvalue weighted by Crippen LogP contribution is -2.34. The third-order valence-corrected chi connectivity index (χ3v) is 5.54. The Morgan fingerprint density at radius 1 is 1.18 bits per heavy atom. The SMILES string of the molecule is COc1cc(CN2CCC[C@@H](c3ccc(Nc4ncccn4)cn3)C2)ccc1OCC(N)=O. The summed E-state index contributed by atoms with van der Waals surface area (Å²) in [5.74, 6) is 1.51. The number of nitrogens with two attached hydrogens (primary N) is 1. The summed E-state index contributed by atoms with van der Waals surface area (Å²) in [7, 11) is 1.58. The lowest BCUT2D eigenvalue weighted by molar-refractivity contribution is -0.119. The van der Waals surface area contributed by atoms with Gasteiger partial charge >= 0.3 is 0 Å². The molecule has 2 aromatic heterocycles. The Labute approximate surface area is 193 Å². The number of rotatable bonds is 9. The number of ether oxygens (including phenoxy) is 2. The summed E-state index contributed by atoms with van der Waals surface area (Å²) >= 11 is 0. The number of piperidine rings is 1. The molecular formula is C24H28N6O3. The lowest BCUT2D eigenvalue weighted by atomic mass is 9.94. The number of hydrogen-bond acceptors (Lipinski definition) is 8. The Morgan fingerprint density at radius 2 is 2.03 bits per heavy atom. The molecule has 1 saturated heterocycles. The van der Waals surface area contributed by atoms with Crippen LogP contribution in [0.3, 0.4) is 0 Å². The van der Waals surface area contributed by atoms with Crippen LogP contribution in [0.25, 0.3) is 0 Å². The van der Waals surface area contributed by atoms with E-state index in [-0.39, 0.29) is 6.61 Å². The first kappa shape index (κ1) is 22.5. The van der Waals surface area contributed by atoms with Gasteiger partial charge in [0.2, 0.25) is 5.95 Å². The van der Waals surface area contributed by atoms with E-state index in [1.54, 1.807) is 25.6 Å². The van der Waals surface area contributed by atoms with E-state index in [4.69, 9.17) is 20.2 Å². The number of carbonyl (C=O) groups excluding carboxylic acids is 1. The van der Waals surface area contributed by atoms with Crippen molar-refractivity contribution in [3.63, 3.8) is 0 Å². The fraction of sp³-hybridized carbons (Fsp3) is 0.333. The molecule has 3 heterocycles. The van der Waals surface area contributed by atoms with Gasteiger partial charge in [-0.1, -0.05) is 6.07 Å². The maximum atomic E-state index is 11.0. The molecular weight excluding hydrogens is 420 g/mol. The normalized spacial score (nSPS) is 16.2. The lowest BCUT2D eigenvalue weighted by Gasteiger charge is -2.32. The summed E-state index contributed by atoms with van der Waals surface area (Å²) in [4.78, 5) is 26.5.